The molecule has 0 fully saturated rings. The van der Waals surface area contributed by atoms with Gasteiger partial charge in [0.15, 0.2) is 0 Å². The number of hydrogen-bond acceptors (Lipinski definition) is 4. The van der Waals surface area contributed by atoms with Gasteiger partial charge in [0.1, 0.15) is 4.90 Å². The summed E-state index contributed by atoms with van der Waals surface area (Å²) in [5, 5.41) is 8.32. The van der Waals surface area contributed by atoms with Gasteiger partial charge in [-0.15, -0.1) is 0 Å². The van der Waals surface area contributed by atoms with E-state index in [4.69, 9.17) is 0 Å². The molecule has 0 bridgehead atoms. The van der Waals surface area contributed by atoms with E-state index in [0.29, 0.717) is 5.69 Å². The number of nitrogens with zero attached hydrogens (tertiary/aromatic N) is 4. The molecule has 2 aromatic heterocycles. The third-order valence-corrected chi connectivity index (χ3v) is 4.86. The molecule has 2 aromatic rings. The van der Waals surface area contributed by atoms with E-state index in [9.17, 15) is 8.42 Å². The van der Waals surface area contributed by atoms with Crippen LogP contribution in [-0.2, 0) is 30.7 Å². The summed E-state index contributed by atoms with van der Waals surface area (Å²) in [6.45, 7) is 5.68. The molecule has 0 aliphatic carbocycles. The van der Waals surface area contributed by atoms with Crippen molar-refractivity contribution in [3.8, 4) is 0 Å². The minimum atomic E-state index is -3.56. The second-order valence-corrected chi connectivity index (χ2v) is 6.59. The van der Waals surface area contributed by atoms with Gasteiger partial charge in [0.2, 0.25) is 10.0 Å². The second kappa shape index (κ2) is 5.02. The molecule has 0 saturated carbocycles. The van der Waals surface area contributed by atoms with E-state index >= 15 is 0 Å². The monoisotopic (exact) mass is 297 g/mol. The number of hydrogen-bond donors (Lipinski definition) is 1. The fourth-order valence-electron chi connectivity index (χ4n) is 2.16. The summed E-state index contributed by atoms with van der Waals surface area (Å²) in [7, 11) is -0.0282. The van der Waals surface area contributed by atoms with Crippen LogP contribution in [0, 0.1) is 20.8 Å². The second-order valence-electron chi connectivity index (χ2n) is 4.85. The molecular formula is C12H19N5O2S. The van der Waals surface area contributed by atoms with Gasteiger partial charge in [-0.1, -0.05) is 0 Å². The third-order valence-electron chi connectivity index (χ3n) is 3.36. The van der Waals surface area contributed by atoms with Crippen LogP contribution in [0.3, 0.4) is 0 Å². The molecule has 0 saturated heterocycles. The van der Waals surface area contributed by atoms with Crippen LogP contribution in [-0.4, -0.2) is 28.0 Å². The Kier molecular flexibility index (Phi) is 3.70. The molecule has 110 valence electrons. The molecule has 0 aromatic carbocycles. The number of rotatable bonds is 4. The first-order valence-electron chi connectivity index (χ1n) is 6.21. The molecule has 0 spiro atoms. The SMILES string of the molecule is Cc1nn(C)cc1S(=O)(=O)NCc1c(C)nn(C)c1C. The van der Waals surface area contributed by atoms with Crippen LogP contribution in [0.25, 0.3) is 0 Å². The minimum Gasteiger partial charge on any atom is -0.274 e. The highest BCUT2D eigenvalue weighted by molar-refractivity contribution is 7.89. The van der Waals surface area contributed by atoms with Crippen molar-refractivity contribution in [1.82, 2.24) is 24.3 Å². The zero-order valence-corrected chi connectivity index (χ0v) is 13.1. The Bertz CT molecular complexity index is 742. The van der Waals surface area contributed by atoms with Gasteiger partial charge in [0.05, 0.1) is 11.4 Å². The lowest BCUT2D eigenvalue weighted by atomic mass is 10.2. The van der Waals surface area contributed by atoms with Crippen molar-refractivity contribution in [2.45, 2.75) is 32.2 Å². The Balaban J connectivity index is 2.24. The summed E-state index contributed by atoms with van der Waals surface area (Å²) in [6.07, 6.45) is 1.50. The molecule has 0 aliphatic rings. The Morgan fingerprint density at radius 3 is 2.25 bits per heavy atom. The van der Waals surface area contributed by atoms with E-state index in [0.717, 1.165) is 17.0 Å². The minimum absolute atomic E-state index is 0.208. The molecule has 7 nitrogen and oxygen atoms in total. The van der Waals surface area contributed by atoms with Gasteiger partial charge >= 0.3 is 0 Å². The molecular weight excluding hydrogens is 278 g/mol. The maximum Gasteiger partial charge on any atom is 0.244 e. The fourth-order valence-corrected chi connectivity index (χ4v) is 3.37. The van der Waals surface area contributed by atoms with Gasteiger partial charge in [-0.25, -0.2) is 13.1 Å². The van der Waals surface area contributed by atoms with E-state index in [1.165, 1.54) is 10.9 Å². The normalized spacial score (nSPS) is 12.1. The van der Waals surface area contributed by atoms with Crippen LogP contribution in [0.15, 0.2) is 11.1 Å². The van der Waals surface area contributed by atoms with Gasteiger partial charge in [0, 0.05) is 38.1 Å². The van der Waals surface area contributed by atoms with E-state index in [1.807, 2.05) is 20.9 Å². The van der Waals surface area contributed by atoms with Crippen LogP contribution < -0.4 is 4.72 Å². The van der Waals surface area contributed by atoms with Crippen molar-refractivity contribution >= 4 is 10.0 Å². The van der Waals surface area contributed by atoms with Crippen molar-refractivity contribution in [2.24, 2.45) is 14.1 Å². The van der Waals surface area contributed by atoms with E-state index < -0.39 is 10.0 Å². The Labute approximate surface area is 118 Å². The first-order chi connectivity index (χ1) is 9.22. The summed E-state index contributed by atoms with van der Waals surface area (Å²) in [4.78, 5) is 0.208. The summed E-state index contributed by atoms with van der Waals surface area (Å²) in [5.41, 5.74) is 3.17. The van der Waals surface area contributed by atoms with Crippen molar-refractivity contribution in [1.29, 1.82) is 0 Å². The average Bonchev–Trinajstić information content (AvgIpc) is 2.79. The predicted octanol–water partition coefficient (Wildman–Crippen LogP) is 0.557. The number of sulfonamides is 1. The third kappa shape index (κ3) is 2.61. The summed E-state index contributed by atoms with van der Waals surface area (Å²) in [6, 6.07) is 0. The fraction of sp³-hybridized carbons (Fsp3) is 0.500. The number of aromatic nitrogens is 4. The average molecular weight is 297 g/mol. The van der Waals surface area contributed by atoms with Crippen LogP contribution in [0.1, 0.15) is 22.6 Å². The number of aryl methyl sites for hydroxylation is 4. The molecule has 20 heavy (non-hydrogen) atoms. The van der Waals surface area contributed by atoms with Gasteiger partial charge in [-0.2, -0.15) is 10.2 Å². The molecule has 2 heterocycles. The Morgan fingerprint density at radius 2 is 1.80 bits per heavy atom. The summed E-state index contributed by atoms with van der Waals surface area (Å²) < 4.78 is 30.4. The lowest BCUT2D eigenvalue weighted by molar-refractivity contribution is 0.580. The highest BCUT2D eigenvalue weighted by atomic mass is 32.2. The zero-order chi connectivity index (χ0) is 15.1. The maximum absolute atomic E-state index is 12.3. The highest BCUT2D eigenvalue weighted by Crippen LogP contribution is 2.15. The lowest BCUT2D eigenvalue weighted by Gasteiger charge is -2.06. The molecule has 0 atom stereocenters. The van der Waals surface area contributed by atoms with Crippen molar-refractivity contribution in [3.63, 3.8) is 0 Å². The maximum atomic E-state index is 12.3. The van der Waals surface area contributed by atoms with Crippen LogP contribution in [0.2, 0.25) is 0 Å². The van der Waals surface area contributed by atoms with Crippen LogP contribution >= 0.6 is 0 Å². The smallest absolute Gasteiger partial charge is 0.244 e. The molecule has 0 radical (unpaired) electrons. The lowest BCUT2D eigenvalue weighted by Crippen LogP contribution is -2.24. The van der Waals surface area contributed by atoms with E-state index in [-0.39, 0.29) is 11.4 Å². The van der Waals surface area contributed by atoms with E-state index in [2.05, 4.69) is 14.9 Å². The van der Waals surface area contributed by atoms with Crippen molar-refractivity contribution in [3.05, 3.63) is 28.8 Å². The number of nitrogens with one attached hydrogen (secondary N) is 1. The molecule has 0 aliphatic heterocycles. The van der Waals surface area contributed by atoms with Crippen LogP contribution in [0.4, 0.5) is 0 Å². The van der Waals surface area contributed by atoms with Gasteiger partial charge in [0.25, 0.3) is 0 Å². The van der Waals surface area contributed by atoms with Crippen molar-refractivity contribution in [2.75, 3.05) is 0 Å². The first kappa shape index (κ1) is 14.7. The van der Waals surface area contributed by atoms with Crippen LogP contribution in [0.5, 0.6) is 0 Å². The Hall–Kier alpha value is -1.67. The largest absolute Gasteiger partial charge is 0.274 e. The first-order valence-corrected chi connectivity index (χ1v) is 7.69. The quantitative estimate of drug-likeness (QED) is 0.894. The zero-order valence-electron chi connectivity index (χ0n) is 12.3. The predicted molar refractivity (Wildman–Crippen MR) is 74.7 cm³/mol. The topological polar surface area (TPSA) is 81.8 Å². The molecule has 0 unspecified atom stereocenters. The van der Waals surface area contributed by atoms with Gasteiger partial charge in [-0.3, -0.25) is 9.36 Å². The molecule has 1 N–H and O–H groups in total. The summed E-state index contributed by atoms with van der Waals surface area (Å²) in [5.74, 6) is 0. The van der Waals surface area contributed by atoms with Gasteiger partial charge in [-0.05, 0) is 20.8 Å². The van der Waals surface area contributed by atoms with Gasteiger partial charge < -0.3 is 0 Å². The summed E-state index contributed by atoms with van der Waals surface area (Å²) >= 11 is 0. The molecule has 2 rings (SSSR count). The molecule has 0 amide bonds. The highest BCUT2D eigenvalue weighted by Gasteiger charge is 2.20. The standard InChI is InChI=1S/C12H19N5O2S/c1-8-11(10(3)17(5)15-8)6-13-20(18,19)12-7-16(4)14-9(12)2/h7,13H,6H2,1-5H3. The molecule has 8 heteroatoms. The van der Waals surface area contributed by atoms with E-state index in [1.54, 1.807) is 18.7 Å². The van der Waals surface area contributed by atoms with Crippen molar-refractivity contribution < 1.29 is 8.42 Å². The Morgan fingerprint density at radius 1 is 1.15 bits per heavy atom.